The van der Waals surface area contributed by atoms with Crippen molar-refractivity contribution in [3.63, 3.8) is 0 Å². The Kier molecular flexibility index (Phi) is 5.45. The van der Waals surface area contributed by atoms with E-state index in [9.17, 15) is 4.79 Å². The number of benzene rings is 1. The van der Waals surface area contributed by atoms with Crippen LogP contribution in [0.4, 0.5) is 0 Å². The first kappa shape index (κ1) is 14.3. The fraction of sp³-hybridized carbons (Fsp3) is 0.462. The zero-order valence-corrected chi connectivity index (χ0v) is 11.1. The Hall–Kier alpha value is -1.75. The lowest BCUT2D eigenvalue weighted by atomic mass is 10.0. The van der Waals surface area contributed by atoms with Crippen molar-refractivity contribution in [3.8, 4) is 11.5 Å². The average Bonchev–Trinajstić information content (AvgIpc) is 2.43. The van der Waals surface area contributed by atoms with Gasteiger partial charge in [0.05, 0.1) is 27.8 Å². The topological polar surface area (TPSA) is 56.8 Å². The van der Waals surface area contributed by atoms with Crippen LogP contribution < -0.4 is 14.8 Å². The van der Waals surface area contributed by atoms with Gasteiger partial charge in [0.25, 0.3) is 0 Å². The van der Waals surface area contributed by atoms with E-state index < -0.39 is 0 Å². The molecule has 0 amide bonds. The molecule has 1 aromatic carbocycles. The van der Waals surface area contributed by atoms with Crippen LogP contribution in [-0.4, -0.2) is 34.3 Å². The summed E-state index contributed by atoms with van der Waals surface area (Å²) in [7, 11) is 6.35. The molecule has 0 heterocycles. The van der Waals surface area contributed by atoms with Crippen LogP contribution in [0.3, 0.4) is 0 Å². The summed E-state index contributed by atoms with van der Waals surface area (Å²) in [5.74, 6) is 1.15. The summed E-state index contributed by atoms with van der Waals surface area (Å²) in [4.78, 5) is 11.4. The molecule has 0 saturated carbocycles. The first-order valence-corrected chi connectivity index (χ1v) is 5.62. The second-order valence-corrected chi connectivity index (χ2v) is 3.73. The van der Waals surface area contributed by atoms with E-state index in [1.54, 1.807) is 21.3 Å². The van der Waals surface area contributed by atoms with Gasteiger partial charge in [-0.1, -0.05) is 0 Å². The zero-order chi connectivity index (χ0) is 13.5. The Bertz CT molecular complexity index is 406. The third kappa shape index (κ3) is 3.37. The molecule has 0 spiro atoms. The van der Waals surface area contributed by atoms with E-state index in [4.69, 9.17) is 9.47 Å². The normalized spacial score (nSPS) is 11.8. The molecular weight excluding hydrogens is 234 g/mol. The van der Waals surface area contributed by atoms with Crippen molar-refractivity contribution in [1.29, 1.82) is 0 Å². The molecule has 0 aliphatic rings. The van der Waals surface area contributed by atoms with E-state index in [0.717, 1.165) is 11.3 Å². The minimum absolute atomic E-state index is 0.178. The first-order valence-electron chi connectivity index (χ1n) is 5.62. The summed E-state index contributed by atoms with van der Waals surface area (Å²) < 4.78 is 15.2. The highest BCUT2D eigenvalue weighted by Crippen LogP contribution is 2.30. The van der Waals surface area contributed by atoms with Gasteiger partial charge in [-0.05, 0) is 25.2 Å². The van der Waals surface area contributed by atoms with E-state index in [1.165, 1.54) is 7.11 Å². The van der Waals surface area contributed by atoms with Gasteiger partial charge < -0.3 is 19.5 Å². The second kappa shape index (κ2) is 6.86. The molecule has 0 fully saturated rings. The van der Waals surface area contributed by atoms with Crippen LogP contribution in [0, 0.1) is 0 Å². The van der Waals surface area contributed by atoms with Crippen molar-refractivity contribution in [1.82, 2.24) is 5.32 Å². The maximum Gasteiger partial charge on any atom is 0.307 e. The van der Waals surface area contributed by atoms with Gasteiger partial charge >= 0.3 is 5.97 Å². The molecule has 1 unspecified atom stereocenters. The van der Waals surface area contributed by atoms with Crippen LogP contribution in [0.25, 0.3) is 0 Å². The van der Waals surface area contributed by atoms with Crippen molar-refractivity contribution >= 4 is 5.97 Å². The predicted molar refractivity (Wildman–Crippen MR) is 68.0 cm³/mol. The number of esters is 1. The van der Waals surface area contributed by atoms with Gasteiger partial charge in [-0.3, -0.25) is 4.79 Å². The third-order valence-electron chi connectivity index (χ3n) is 2.76. The summed E-state index contributed by atoms with van der Waals surface area (Å²) >= 11 is 0. The van der Waals surface area contributed by atoms with Crippen LogP contribution in [0.15, 0.2) is 18.2 Å². The lowest BCUT2D eigenvalue weighted by Crippen LogP contribution is -2.21. The van der Waals surface area contributed by atoms with Crippen LogP contribution in [-0.2, 0) is 9.53 Å². The summed E-state index contributed by atoms with van der Waals surface area (Å²) in [5, 5.41) is 3.07. The van der Waals surface area contributed by atoms with Crippen LogP contribution in [0.5, 0.6) is 11.5 Å². The summed E-state index contributed by atoms with van der Waals surface area (Å²) in [6.45, 7) is 0. The highest BCUT2D eigenvalue weighted by Gasteiger charge is 2.19. The largest absolute Gasteiger partial charge is 0.497 e. The van der Waals surface area contributed by atoms with E-state index in [0.29, 0.717) is 5.75 Å². The summed E-state index contributed by atoms with van der Waals surface area (Å²) in [5.41, 5.74) is 0.866. The minimum Gasteiger partial charge on any atom is -0.497 e. The van der Waals surface area contributed by atoms with Gasteiger partial charge in [0.15, 0.2) is 0 Å². The molecule has 1 atom stereocenters. The maximum atomic E-state index is 11.4. The van der Waals surface area contributed by atoms with E-state index in [1.807, 2.05) is 18.2 Å². The second-order valence-electron chi connectivity index (χ2n) is 3.73. The summed E-state index contributed by atoms with van der Waals surface area (Å²) in [6.07, 6.45) is 0.233. The van der Waals surface area contributed by atoms with Gasteiger partial charge in [-0.15, -0.1) is 0 Å². The Morgan fingerprint density at radius 3 is 2.50 bits per heavy atom. The highest BCUT2D eigenvalue weighted by molar-refractivity contribution is 5.70. The monoisotopic (exact) mass is 253 g/mol. The zero-order valence-electron chi connectivity index (χ0n) is 11.1. The van der Waals surface area contributed by atoms with Gasteiger partial charge in [-0.2, -0.15) is 0 Å². The number of hydrogen-bond donors (Lipinski definition) is 1. The number of ether oxygens (including phenoxy) is 3. The van der Waals surface area contributed by atoms with Crippen molar-refractivity contribution in [2.75, 3.05) is 28.4 Å². The van der Waals surface area contributed by atoms with Crippen molar-refractivity contribution < 1.29 is 19.0 Å². The smallest absolute Gasteiger partial charge is 0.307 e. The van der Waals surface area contributed by atoms with Gasteiger partial charge in [0.1, 0.15) is 11.5 Å². The molecular formula is C13H19NO4. The average molecular weight is 253 g/mol. The Labute approximate surface area is 107 Å². The molecule has 5 nitrogen and oxygen atoms in total. The third-order valence-corrected chi connectivity index (χ3v) is 2.76. The predicted octanol–water partition coefficient (Wildman–Crippen LogP) is 1.53. The number of nitrogens with one attached hydrogen (secondary N) is 1. The molecule has 100 valence electrons. The van der Waals surface area contributed by atoms with Crippen molar-refractivity contribution in [3.05, 3.63) is 23.8 Å². The van der Waals surface area contributed by atoms with Gasteiger partial charge in [-0.25, -0.2) is 0 Å². The van der Waals surface area contributed by atoms with Crippen LogP contribution in [0.1, 0.15) is 18.0 Å². The first-order chi connectivity index (χ1) is 8.65. The molecule has 0 aliphatic carbocycles. The van der Waals surface area contributed by atoms with Crippen molar-refractivity contribution in [2.45, 2.75) is 12.5 Å². The van der Waals surface area contributed by atoms with E-state index >= 15 is 0 Å². The Balaban J connectivity index is 3.05. The van der Waals surface area contributed by atoms with Crippen LogP contribution >= 0.6 is 0 Å². The quantitative estimate of drug-likeness (QED) is 0.779. The molecule has 0 aliphatic heterocycles. The molecule has 0 bridgehead atoms. The standard InChI is InChI=1S/C13H19NO4/c1-14-11(8-13(15)18-4)10-7-9(16-2)5-6-12(10)17-3/h5-7,11,14H,8H2,1-4H3. The molecule has 1 N–H and O–H groups in total. The number of rotatable bonds is 6. The SMILES string of the molecule is CNC(CC(=O)OC)c1cc(OC)ccc1OC. The summed E-state index contributed by atoms with van der Waals surface area (Å²) in [6, 6.07) is 5.30. The molecule has 1 aromatic rings. The maximum absolute atomic E-state index is 11.4. The highest BCUT2D eigenvalue weighted by atomic mass is 16.5. The molecule has 5 heteroatoms. The molecule has 18 heavy (non-hydrogen) atoms. The van der Waals surface area contributed by atoms with E-state index in [2.05, 4.69) is 10.1 Å². The number of carbonyl (C=O) groups excluding carboxylic acids is 1. The lowest BCUT2D eigenvalue weighted by Gasteiger charge is -2.19. The fourth-order valence-corrected chi connectivity index (χ4v) is 1.73. The Morgan fingerprint density at radius 1 is 1.28 bits per heavy atom. The van der Waals surface area contributed by atoms with E-state index in [-0.39, 0.29) is 18.4 Å². The Morgan fingerprint density at radius 2 is 2.00 bits per heavy atom. The van der Waals surface area contributed by atoms with Crippen molar-refractivity contribution in [2.24, 2.45) is 0 Å². The number of methoxy groups -OCH3 is 3. The molecule has 0 saturated heterocycles. The minimum atomic E-state index is -0.278. The van der Waals surface area contributed by atoms with Crippen LogP contribution in [0.2, 0.25) is 0 Å². The number of carbonyl (C=O) groups is 1. The molecule has 0 radical (unpaired) electrons. The molecule has 1 rings (SSSR count). The van der Waals surface area contributed by atoms with Gasteiger partial charge in [0, 0.05) is 11.6 Å². The van der Waals surface area contributed by atoms with Gasteiger partial charge in [0.2, 0.25) is 0 Å². The number of hydrogen-bond acceptors (Lipinski definition) is 5. The molecule has 0 aromatic heterocycles. The lowest BCUT2D eigenvalue weighted by molar-refractivity contribution is -0.141. The fourth-order valence-electron chi connectivity index (χ4n) is 1.73.